The van der Waals surface area contributed by atoms with Crippen LogP contribution in [0.4, 0.5) is 11.4 Å². The molecule has 0 spiro atoms. The molecule has 2 aromatic carbocycles. The van der Waals surface area contributed by atoms with Crippen LogP contribution < -0.4 is 24.8 Å². The molecule has 2 N–H and O–H groups in total. The highest BCUT2D eigenvalue weighted by Gasteiger charge is 2.47. The molecule has 0 aromatic heterocycles. The van der Waals surface area contributed by atoms with E-state index in [0.717, 1.165) is 0 Å². The summed E-state index contributed by atoms with van der Waals surface area (Å²) >= 11 is 0. The van der Waals surface area contributed by atoms with E-state index in [9.17, 15) is 9.59 Å². The third-order valence-electron chi connectivity index (χ3n) is 3.97. The standard InChI is InChI=1S/C18H18N2O5/c1-18(16(21)19-12-6-4-5-7-14(12)25-18)17(22)20-13-9-8-11(23-2)10-15(13)24-3/h4-10H,1-3H3,(H,19,21)(H,20,22). The van der Waals surface area contributed by atoms with Gasteiger partial charge in [-0.2, -0.15) is 0 Å². The molecule has 2 aromatic rings. The van der Waals surface area contributed by atoms with E-state index >= 15 is 0 Å². The highest BCUT2D eigenvalue weighted by molar-refractivity contribution is 6.19. The van der Waals surface area contributed by atoms with Gasteiger partial charge in [0.15, 0.2) is 0 Å². The maximum absolute atomic E-state index is 12.7. The summed E-state index contributed by atoms with van der Waals surface area (Å²) in [4.78, 5) is 25.2. The Morgan fingerprint density at radius 2 is 1.92 bits per heavy atom. The summed E-state index contributed by atoms with van der Waals surface area (Å²) < 4.78 is 16.1. The fourth-order valence-electron chi connectivity index (χ4n) is 2.46. The minimum absolute atomic E-state index is 0.407. The third-order valence-corrected chi connectivity index (χ3v) is 3.97. The molecule has 0 aliphatic carbocycles. The first-order valence-corrected chi connectivity index (χ1v) is 7.61. The van der Waals surface area contributed by atoms with E-state index in [0.29, 0.717) is 28.6 Å². The van der Waals surface area contributed by atoms with Crippen molar-refractivity contribution in [2.45, 2.75) is 12.5 Å². The van der Waals surface area contributed by atoms with Crippen molar-refractivity contribution in [1.82, 2.24) is 0 Å². The van der Waals surface area contributed by atoms with Gasteiger partial charge in [0.2, 0.25) is 0 Å². The number of hydrogen-bond donors (Lipinski definition) is 2. The highest BCUT2D eigenvalue weighted by atomic mass is 16.5. The van der Waals surface area contributed by atoms with Crippen LogP contribution in [0.15, 0.2) is 42.5 Å². The Bertz CT molecular complexity index is 836. The number of para-hydroxylation sites is 2. The molecule has 0 saturated heterocycles. The average Bonchev–Trinajstić information content (AvgIpc) is 2.62. The number of benzene rings is 2. The monoisotopic (exact) mass is 342 g/mol. The number of fused-ring (bicyclic) bond motifs is 1. The SMILES string of the molecule is COc1ccc(NC(=O)C2(C)Oc3ccccc3NC2=O)c(OC)c1. The number of amides is 2. The smallest absolute Gasteiger partial charge is 0.278 e. The van der Waals surface area contributed by atoms with E-state index in [1.54, 1.807) is 42.5 Å². The summed E-state index contributed by atoms with van der Waals surface area (Å²) in [6.45, 7) is 1.42. The number of rotatable bonds is 4. The molecule has 0 fully saturated rings. The van der Waals surface area contributed by atoms with Crippen molar-refractivity contribution >= 4 is 23.2 Å². The molecule has 25 heavy (non-hydrogen) atoms. The highest BCUT2D eigenvalue weighted by Crippen LogP contribution is 2.35. The molecule has 3 rings (SSSR count). The predicted molar refractivity (Wildman–Crippen MR) is 92.3 cm³/mol. The van der Waals surface area contributed by atoms with Gasteiger partial charge in [0.25, 0.3) is 17.4 Å². The van der Waals surface area contributed by atoms with E-state index in [2.05, 4.69) is 10.6 Å². The number of nitrogens with one attached hydrogen (secondary N) is 2. The second kappa shape index (κ2) is 6.35. The van der Waals surface area contributed by atoms with Crippen LogP contribution in [-0.2, 0) is 9.59 Å². The van der Waals surface area contributed by atoms with Gasteiger partial charge in [-0.05, 0) is 31.2 Å². The van der Waals surface area contributed by atoms with Crippen molar-refractivity contribution in [2.75, 3.05) is 24.9 Å². The second-order valence-corrected chi connectivity index (χ2v) is 5.61. The van der Waals surface area contributed by atoms with Crippen LogP contribution >= 0.6 is 0 Å². The summed E-state index contributed by atoms with van der Waals surface area (Å²) in [5.74, 6) is 0.273. The van der Waals surface area contributed by atoms with Crippen molar-refractivity contribution in [1.29, 1.82) is 0 Å². The quantitative estimate of drug-likeness (QED) is 0.834. The fraction of sp³-hybridized carbons (Fsp3) is 0.222. The number of methoxy groups -OCH3 is 2. The molecule has 0 saturated carbocycles. The topological polar surface area (TPSA) is 85.9 Å². The van der Waals surface area contributed by atoms with Crippen molar-refractivity contribution in [3.8, 4) is 17.2 Å². The number of carbonyl (C=O) groups is 2. The van der Waals surface area contributed by atoms with Gasteiger partial charge in [0.05, 0.1) is 25.6 Å². The van der Waals surface area contributed by atoms with Crippen LogP contribution in [0.1, 0.15) is 6.92 Å². The predicted octanol–water partition coefficient (Wildman–Crippen LogP) is 2.43. The number of hydrogen-bond acceptors (Lipinski definition) is 5. The Hall–Kier alpha value is -3.22. The summed E-state index contributed by atoms with van der Waals surface area (Å²) in [6.07, 6.45) is 0. The summed E-state index contributed by atoms with van der Waals surface area (Å²) in [7, 11) is 3.01. The van der Waals surface area contributed by atoms with Crippen LogP contribution in [0.3, 0.4) is 0 Å². The lowest BCUT2D eigenvalue weighted by Crippen LogP contribution is -2.56. The van der Waals surface area contributed by atoms with Gasteiger partial charge in [-0.25, -0.2) is 0 Å². The van der Waals surface area contributed by atoms with Crippen molar-refractivity contribution in [2.24, 2.45) is 0 Å². The molecule has 7 nitrogen and oxygen atoms in total. The van der Waals surface area contributed by atoms with Crippen molar-refractivity contribution in [3.63, 3.8) is 0 Å². The van der Waals surface area contributed by atoms with Gasteiger partial charge in [-0.1, -0.05) is 12.1 Å². The number of carbonyl (C=O) groups excluding carboxylic acids is 2. The number of ether oxygens (including phenoxy) is 3. The average molecular weight is 342 g/mol. The van der Waals surface area contributed by atoms with Crippen LogP contribution in [0.2, 0.25) is 0 Å². The molecule has 1 heterocycles. The molecule has 1 unspecified atom stereocenters. The molecule has 1 aliphatic rings. The Balaban J connectivity index is 1.87. The van der Waals surface area contributed by atoms with Gasteiger partial charge in [-0.15, -0.1) is 0 Å². The number of anilines is 2. The van der Waals surface area contributed by atoms with Crippen LogP contribution in [0.25, 0.3) is 0 Å². The molecule has 0 radical (unpaired) electrons. The molecule has 0 bridgehead atoms. The largest absolute Gasteiger partial charge is 0.497 e. The molecule has 7 heteroatoms. The van der Waals surface area contributed by atoms with E-state index in [1.807, 2.05) is 0 Å². The molecular weight excluding hydrogens is 324 g/mol. The zero-order valence-corrected chi connectivity index (χ0v) is 14.1. The second-order valence-electron chi connectivity index (χ2n) is 5.61. The molecule has 1 atom stereocenters. The van der Waals surface area contributed by atoms with Crippen LogP contribution in [-0.4, -0.2) is 31.6 Å². The van der Waals surface area contributed by atoms with E-state index in [1.165, 1.54) is 21.1 Å². The molecule has 130 valence electrons. The lowest BCUT2D eigenvalue weighted by atomic mass is 10.0. The third kappa shape index (κ3) is 2.96. The first-order valence-electron chi connectivity index (χ1n) is 7.61. The van der Waals surface area contributed by atoms with Gasteiger partial charge >= 0.3 is 0 Å². The van der Waals surface area contributed by atoms with E-state index < -0.39 is 17.4 Å². The zero-order chi connectivity index (χ0) is 18.0. The Morgan fingerprint density at radius 3 is 2.64 bits per heavy atom. The van der Waals surface area contributed by atoms with E-state index in [-0.39, 0.29) is 0 Å². The lowest BCUT2D eigenvalue weighted by Gasteiger charge is -2.33. The summed E-state index contributed by atoms with van der Waals surface area (Å²) in [5, 5.41) is 5.37. The maximum atomic E-state index is 12.7. The minimum Gasteiger partial charge on any atom is -0.497 e. The van der Waals surface area contributed by atoms with E-state index in [4.69, 9.17) is 14.2 Å². The van der Waals surface area contributed by atoms with Gasteiger partial charge in [0, 0.05) is 6.07 Å². The Morgan fingerprint density at radius 1 is 1.16 bits per heavy atom. The Labute approximate surface area is 144 Å². The Kier molecular flexibility index (Phi) is 4.22. The molecule has 2 amide bonds. The first kappa shape index (κ1) is 16.6. The van der Waals surface area contributed by atoms with Crippen LogP contribution in [0.5, 0.6) is 17.2 Å². The first-order chi connectivity index (χ1) is 12.0. The van der Waals surface area contributed by atoms with Gasteiger partial charge < -0.3 is 24.8 Å². The van der Waals surface area contributed by atoms with Crippen LogP contribution in [0, 0.1) is 0 Å². The summed E-state index contributed by atoms with van der Waals surface area (Å²) in [5.41, 5.74) is -0.774. The van der Waals surface area contributed by atoms with Gasteiger partial charge in [-0.3, -0.25) is 9.59 Å². The minimum atomic E-state index is -1.71. The summed E-state index contributed by atoms with van der Waals surface area (Å²) in [6, 6.07) is 11.9. The van der Waals surface area contributed by atoms with Gasteiger partial charge in [0.1, 0.15) is 17.2 Å². The van der Waals surface area contributed by atoms with Crippen molar-refractivity contribution in [3.05, 3.63) is 42.5 Å². The fourth-order valence-corrected chi connectivity index (χ4v) is 2.46. The molecular formula is C18H18N2O5. The zero-order valence-electron chi connectivity index (χ0n) is 14.1. The van der Waals surface area contributed by atoms with Crippen molar-refractivity contribution < 1.29 is 23.8 Å². The molecule has 1 aliphatic heterocycles. The maximum Gasteiger partial charge on any atom is 0.278 e. The normalized spacial score (nSPS) is 18.4. The lowest BCUT2D eigenvalue weighted by molar-refractivity contribution is -0.143.